The summed E-state index contributed by atoms with van der Waals surface area (Å²) in [6, 6.07) is 0. The third-order valence-electron chi connectivity index (χ3n) is 3.74. The molecule has 1 aliphatic heterocycles. The van der Waals surface area contributed by atoms with Crippen LogP contribution >= 0.6 is 0 Å². The fourth-order valence-electron chi connectivity index (χ4n) is 2.64. The van der Waals surface area contributed by atoms with Gasteiger partial charge < -0.3 is 10.0 Å². The molecule has 0 radical (unpaired) electrons. The smallest absolute Gasteiger partial charge is 0.257 e. The number of aliphatic hydroxyl groups excluding tert-OH is 1. The molecule has 0 unspecified atom stereocenters. The lowest BCUT2D eigenvalue weighted by molar-refractivity contribution is 0.0472. The SMILES string of the molecule is Cn1cc(C(=O)N2CCC[C@H](O)C2)c(C2CC2)n1. The third kappa shape index (κ3) is 2.14. The number of likely N-dealkylation sites (tertiary alicyclic amines) is 1. The van der Waals surface area contributed by atoms with Crippen molar-refractivity contribution in [2.75, 3.05) is 13.1 Å². The quantitative estimate of drug-likeness (QED) is 0.847. The van der Waals surface area contributed by atoms with Gasteiger partial charge in [0.1, 0.15) is 0 Å². The largest absolute Gasteiger partial charge is 0.391 e. The number of aromatic nitrogens is 2. The number of nitrogens with zero attached hydrogens (tertiary/aromatic N) is 3. The van der Waals surface area contributed by atoms with Crippen molar-refractivity contribution < 1.29 is 9.90 Å². The van der Waals surface area contributed by atoms with Crippen molar-refractivity contribution in [3.8, 4) is 0 Å². The van der Waals surface area contributed by atoms with E-state index in [2.05, 4.69) is 5.10 Å². The molecule has 1 N–H and O–H groups in total. The van der Waals surface area contributed by atoms with Gasteiger partial charge in [-0.05, 0) is 25.7 Å². The van der Waals surface area contributed by atoms with E-state index in [0.29, 0.717) is 12.5 Å². The van der Waals surface area contributed by atoms with Gasteiger partial charge in [-0.25, -0.2) is 0 Å². The van der Waals surface area contributed by atoms with Crippen LogP contribution in [0.4, 0.5) is 0 Å². The number of carbonyl (C=O) groups is 1. The number of piperidine rings is 1. The number of aryl methyl sites for hydroxylation is 1. The molecule has 2 heterocycles. The zero-order valence-corrected chi connectivity index (χ0v) is 10.7. The van der Waals surface area contributed by atoms with E-state index in [0.717, 1.165) is 43.5 Å². The molecule has 5 nitrogen and oxygen atoms in total. The highest BCUT2D eigenvalue weighted by Gasteiger charge is 2.33. The molecule has 1 saturated heterocycles. The Morgan fingerprint density at radius 3 is 2.89 bits per heavy atom. The molecule has 1 aliphatic carbocycles. The molecule has 0 spiro atoms. The molecule has 18 heavy (non-hydrogen) atoms. The Morgan fingerprint density at radius 2 is 2.22 bits per heavy atom. The van der Waals surface area contributed by atoms with Gasteiger partial charge >= 0.3 is 0 Å². The van der Waals surface area contributed by atoms with E-state index in [-0.39, 0.29) is 12.0 Å². The summed E-state index contributed by atoms with van der Waals surface area (Å²) < 4.78 is 1.72. The third-order valence-corrected chi connectivity index (χ3v) is 3.74. The number of aliphatic hydroxyl groups is 1. The maximum absolute atomic E-state index is 12.5. The summed E-state index contributed by atoms with van der Waals surface area (Å²) >= 11 is 0. The van der Waals surface area contributed by atoms with Gasteiger partial charge in [0.2, 0.25) is 0 Å². The van der Waals surface area contributed by atoms with Gasteiger partial charge in [0.25, 0.3) is 5.91 Å². The highest BCUT2D eigenvalue weighted by atomic mass is 16.3. The summed E-state index contributed by atoms with van der Waals surface area (Å²) in [6.45, 7) is 1.20. The lowest BCUT2D eigenvalue weighted by Crippen LogP contribution is -2.42. The molecule has 98 valence electrons. The highest BCUT2D eigenvalue weighted by molar-refractivity contribution is 5.95. The second kappa shape index (κ2) is 4.39. The van der Waals surface area contributed by atoms with Crippen molar-refractivity contribution in [3.63, 3.8) is 0 Å². The summed E-state index contributed by atoms with van der Waals surface area (Å²) in [7, 11) is 1.85. The molecule has 5 heteroatoms. The summed E-state index contributed by atoms with van der Waals surface area (Å²) in [6.07, 6.45) is 5.40. The van der Waals surface area contributed by atoms with Crippen molar-refractivity contribution >= 4 is 5.91 Å². The van der Waals surface area contributed by atoms with Crippen LogP contribution in [0.1, 0.15) is 47.7 Å². The van der Waals surface area contributed by atoms with Crippen LogP contribution in [0.3, 0.4) is 0 Å². The van der Waals surface area contributed by atoms with E-state index >= 15 is 0 Å². The first-order valence-electron chi connectivity index (χ1n) is 6.66. The fourth-order valence-corrected chi connectivity index (χ4v) is 2.64. The van der Waals surface area contributed by atoms with Gasteiger partial charge in [0, 0.05) is 32.3 Å². The Kier molecular flexibility index (Phi) is 2.86. The number of carbonyl (C=O) groups excluding carboxylic acids is 1. The summed E-state index contributed by atoms with van der Waals surface area (Å²) in [5.74, 6) is 0.503. The Balaban J connectivity index is 1.82. The Bertz CT molecular complexity index is 465. The summed E-state index contributed by atoms with van der Waals surface area (Å²) in [5.41, 5.74) is 1.68. The van der Waals surface area contributed by atoms with Crippen LogP contribution in [0.2, 0.25) is 0 Å². The first kappa shape index (κ1) is 11.7. The molecular weight excluding hydrogens is 230 g/mol. The molecule has 1 saturated carbocycles. The van der Waals surface area contributed by atoms with E-state index in [4.69, 9.17) is 0 Å². The van der Waals surface area contributed by atoms with E-state index in [1.54, 1.807) is 9.58 Å². The van der Waals surface area contributed by atoms with Crippen molar-refractivity contribution in [3.05, 3.63) is 17.5 Å². The van der Waals surface area contributed by atoms with Crippen LogP contribution in [0.5, 0.6) is 0 Å². The average molecular weight is 249 g/mol. The topological polar surface area (TPSA) is 58.4 Å². The van der Waals surface area contributed by atoms with Crippen molar-refractivity contribution in [2.45, 2.75) is 37.7 Å². The maximum Gasteiger partial charge on any atom is 0.257 e. The van der Waals surface area contributed by atoms with E-state index in [9.17, 15) is 9.90 Å². The second-order valence-electron chi connectivity index (χ2n) is 5.42. The first-order valence-corrected chi connectivity index (χ1v) is 6.66. The predicted octanol–water partition coefficient (Wildman–Crippen LogP) is 0.894. The zero-order chi connectivity index (χ0) is 12.7. The zero-order valence-electron chi connectivity index (χ0n) is 10.7. The van der Waals surface area contributed by atoms with E-state index in [1.165, 1.54) is 0 Å². The van der Waals surface area contributed by atoms with Crippen molar-refractivity contribution in [1.29, 1.82) is 0 Å². The molecule has 0 bridgehead atoms. The van der Waals surface area contributed by atoms with Crippen LogP contribution in [-0.2, 0) is 7.05 Å². The summed E-state index contributed by atoms with van der Waals surface area (Å²) in [4.78, 5) is 14.2. The molecule has 0 aromatic carbocycles. The number of amides is 1. The lowest BCUT2D eigenvalue weighted by Gasteiger charge is -2.30. The van der Waals surface area contributed by atoms with E-state index in [1.807, 2.05) is 13.2 Å². The van der Waals surface area contributed by atoms with Gasteiger partial charge in [-0.3, -0.25) is 9.48 Å². The first-order chi connectivity index (χ1) is 8.65. The van der Waals surface area contributed by atoms with Gasteiger partial charge in [-0.2, -0.15) is 5.10 Å². The summed E-state index contributed by atoms with van der Waals surface area (Å²) in [5, 5.41) is 14.1. The Morgan fingerprint density at radius 1 is 1.44 bits per heavy atom. The molecular formula is C13H19N3O2. The average Bonchev–Trinajstić information content (AvgIpc) is 3.12. The minimum absolute atomic E-state index is 0.0313. The Labute approximate surface area is 106 Å². The van der Waals surface area contributed by atoms with E-state index < -0.39 is 0 Å². The number of β-amino-alcohol motifs (C(OH)–C–C–N with tert-alkyl or cyclic N) is 1. The normalized spacial score (nSPS) is 24.3. The van der Waals surface area contributed by atoms with Gasteiger partial charge in [-0.1, -0.05) is 0 Å². The Hall–Kier alpha value is -1.36. The van der Waals surface area contributed by atoms with Gasteiger partial charge in [-0.15, -0.1) is 0 Å². The molecule has 2 fully saturated rings. The predicted molar refractivity (Wildman–Crippen MR) is 66.3 cm³/mol. The number of hydrogen-bond donors (Lipinski definition) is 1. The van der Waals surface area contributed by atoms with Crippen LogP contribution in [0.25, 0.3) is 0 Å². The lowest BCUT2D eigenvalue weighted by atomic mass is 10.1. The number of rotatable bonds is 2. The van der Waals surface area contributed by atoms with Gasteiger partial charge in [0.05, 0.1) is 17.4 Å². The van der Waals surface area contributed by atoms with Crippen molar-refractivity contribution in [2.24, 2.45) is 7.05 Å². The van der Waals surface area contributed by atoms with Crippen molar-refractivity contribution in [1.82, 2.24) is 14.7 Å². The standard InChI is InChI=1S/C13H19N3O2/c1-15-8-11(12(14-15)9-4-5-9)13(18)16-6-2-3-10(17)7-16/h8-10,17H,2-7H2,1H3/t10-/m0/s1. The monoisotopic (exact) mass is 249 g/mol. The molecule has 1 aromatic heterocycles. The second-order valence-corrected chi connectivity index (χ2v) is 5.42. The van der Waals surface area contributed by atoms with Crippen LogP contribution in [-0.4, -0.2) is 44.9 Å². The molecule has 1 amide bonds. The highest BCUT2D eigenvalue weighted by Crippen LogP contribution is 2.41. The van der Waals surface area contributed by atoms with Gasteiger partial charge in [0.15, 0.2) is 0 Å². The molecule has 1 aromatic rings. The molecule has 1 atom stereocenters. The molecule has 2 aliphatic rings. The minimum Gasteiger partial charge on any atom is -0.391 e. The van der Waals surface area contributed by atoms with Crippen LogP contribution < -0.4 is 0 Å². The minimum atomic E-state index is -0.372. The maximum atomic E-state index is 12.5. The molecule has 3 rings (SSSR count). The van der Waals surface area contributed by atoms with Crippen LogP contribution in [0.15, 0.2) is 6.20 Å². The fraction of sp³-hybridized carbons (Fsp3) is 0.692. The number of hydrogen-bond acceptors (Lipinski definition) is 3. The van der Waals surface area contributed by atoms with Crippen LogP contribution in [0, 0.1) is 0 Å².